The van der Waals surface area contributed by atoms with Crippen LogP contribution < -0.4 is 10.2 Å². The summed E-state index contributed by atoms with van der Waals surface area (Å²) in [5.41, 5.74) is 4.86. The van der Waals surface area contributed by atoms with Gasteiger partial charge in [0.05, 0.1) is 23.1 Å². The van der Waals surface area contributed by atoms with Crippen LogP contribution >= 0.6 is 0 Å². The van der Waals surface area contributed by atoms with E-state index in [2.05, 4.69) is 60.0 Å². The normalized spacial score (nSPS) is 15.8. The first kappa shape index (κ1) is 32.6. The summed E-state index contributed by atoms with van der Waals surface area (Å²) in [7, 11) is -1.22. The van der Waals surface area contributed by atoms with Crippen LogP contribution in [-0.2, 0) is 22.6 Å². The van der Waals surface area contributed by atoms with E-state index in [1.807, 2.05) is 50.0 Å². The summed E-state index contributed by atoms with van der Waals surface area (Å²) in [6.45, 7) is 17.4. The number of amides is 1. The van der Waals surface area contributed by atoms with Gasteiger partial charge in [0.1, 0.15) is 23.8 Å². The molecule has 1 atom stereocenters. The average Bonchev–Trinajstić information content (AvgIpc) is 3.36. The second-order valence-corrected chi connectivity index (χ2v) is 19.6. The quantitative estimate of drug-likeness (QED) is 0.149. The van der Waals surface area contributed by atoms with E-state index in [1.165, 1.54) is 0 Å². The predicted octanol–water partition coefficient (Wildman–Crippen LogP) is 6.92. The molecule has 1 fully saturated rings. The number of fused-ring (bicyclic) bond motifs is 1. The van der Waals surface area contributed by atoms with Crippen molar-refractivity contribution in [2.24, 2.45) is 0 Å². The van der Waals surface area contributed by atoms with Crippen LogP contribution in [-0.4, -0.2) is 70.2 Å². The average molecular weight is 630 g/mol. The zero-order valence-corrected chi connectivity index (χ0v) is 28.8. The van der Waals surface area contributed by atoms with Gasteiger partial charge in [0.2, 0.25) is 0 Å². The molecule has 0 aromatic carbocycles. The number of rotatable bonds is 10. The molecule has 5 rings (SSSR count). The second-order valence-electron chi connectivity index (χ2n) is 14.0. The number of alkyl carbamates (subject to hydrolysis) is 1. The molecular weight excluding hydrogens is 583 g/mol. The lowest BCUT2D eigenvalue weighted by Crippen LogP contribution is -2.49. The number of piperidine rings is 1. The molecule has 1 N–H and O–H groups in total. The first-order chi connectivity index (χ1) is 21.4. The van der Waals surface area contributed by atoms with Crippen LogP contribution in [0.3, 0.4) is 0 Å². The van der Waals surface area contributed by atoms with Gasteiger partial charge in [-0.15, -0.1) is 0 Å². The number of aromatic nitrogens is 5. The van der Waals surface area contributed by atoms with Gasteiger partial charge in [-0.25, -0.2) is 14.5 Å². The Hall–Kier alpha value is -3.83. The second kappa shape index (κ2) is 13.7. The monoisotopic (exact) mass is 629 g/mol. The molecule has 10 nitrogen and oxygen atoms in total. The molecule has 0 bridgehead atoms. The van der Waals surface area contributed by atoms with E-state index >= 15 is 0 Å². The van der Waals surface area contributed by atoms with Gasteiger partial charge in [0, 0.05) is 57.2 Å². The minimum atomic E-state index is -1.22. The zero-order chi connectivity index (χ0) is 32.2. The Bertz CT molecular complexity index is 1610. The van der Waals surface area contributed by atoms with Crippen LogP contribution in [0.4, 0.5) is 10.6 Å². The van der Waals surface area contributed by atoms with Crippen molar-refractivity contribution < 1.29 is 14.3 Å². The number of ether oxygens (including phenoxy) is 2. The Morgan fingerprint density at radius 2 is 1.96 bits per heavy atom. The van der Waals surface area contributed by atoms with Gasteiger partial charge in [-0.1, -0.05) is 32.6 Å². The molecule has 0 radical (unpaired) electrons. The molecule has 0 saturated carbocycles. The summed E-state index contributed by atoms with van der Waals surface area (Å²) in [5, 5.41) is 9.08. The Kier molecular flexibility index (Phi) is 9.88. The fraction of sp³-hybridized carbons (Fsp3) is 0.500. The van der Waals surface area contributed by atoms with Crippen LogP contribution in [0.25, 0.3) is 33.5 Å². The Labute approximate surface area is 267 Å². The van der Waals surface area contributed by atoms with E-state index in [1.54, 1.807) is 6.20 Å². The Balaban J connectivity index is 1.48. The lowest BCUT2D eigenvalue weighted by Gasteiger charge is -2.35. The number of hydrogen-bond acceptors (Lipinski definition) is 8. The number of anilines is 1. The highest BCUT2D eigenvalue weighted by molar-refractivity contribution is 6.76. The summed E-state index contributed by atoms with van der Waals surface area (Å²) < 4.78 is 13.5. The molecule has 1 amide bonds. The number of nitrogens with one attached hydrogen (secondary N) is 1. The van der Waals surface area contributed by atoms with Gasteiger partial charge in [-0.05, 0) is 75.9 Å². The van der Waals surface area contributed by atoms with E-state index in [9.17, 15) is 4.79 Å². The molecular formula is C34H47N7O3Si. The van der Waals surface area contributed by atoms with Gasteiger partial charge < -0.3 is 19.7 Å². The number of pyridine rings is 3. The molecule has 0 spiro atoms. The minimum Gasteiger partial charge on any atom is -0.444 e. The molecule has 4 aromatic rings. The van der Waals surface area contributed by atoms with Crippen molar-refractivity contribution in [3.8, 4) is 22.6 Å². The first-order valence-electron chi connectivity index (χ1n) is 16.0. The van der Waals surface area contributed by atoms with E-state index in [0.29, 0.717) is 19.9 Å². The highest BCUT2D eigenvalue weighted by Gasteiger charge is 2.27. The molecule has 45 heavy (non-hydrogen) atoms. The number of carbonyl (C=O) groups excluding carboxylic acids is 1. The SMILES string of the molecule is CCc1ccc(-c2nn(COCC[Si](C)(C)C)c3cnc(-c4cccnc4)cc23)nc1N1CCC[C@H](NC(=O)OC(C)(C)C)C1. The summed E-state index contributed by atoms with van der Waals surface area (Å²) in [6, 6.07) is 11.3. The number of aryl methyl sites for hydroxylation is 1. The van der Waals surface area contributed by atoms with Gasteiger partial charge in [-0.2, -0.15) is 5.10 Å². The van der Waals surface area contributed by atoms with E-state index in [4.69, 9.17) is 24.5 Å². The van der Waals surface area contributed by atoms with Crippen molar-refractivity contribution >= 4 is 30.9 Å². The number of nitrogens with zero attached hydrogens (tertiary/aromatic N) is 6. The maximum atomic E-state index is 12.5. The van der Waals surface area contributed by atoms with E-state index in [-0.39, 0.29) is 12.1 Å². The number of hydrogen-bond donors (Lipinski definition) is 1. The van der Waals surface area contributed by atoms with Crippen LogP contribution in [0, 0.1) is 0 Å². The summed E-state index contributed by atoms with van der Waals surface area (Å²) in [6.07, 6.45) is 7.76. The van der Waals surface area contributed by atoms with Crippen LogP contribution in [0.2, 0.25) is 25.7 Å². The topological polar surface area (TPSA) is 107 Å². The van der Waals surface area contributed by atoms with Crippen LogP contribution in [0.5, 0.6) is 0 Å². The van der Waals surface area contributed by atoms with Gasteiger partial charge >= 0.3 is 6.09 Å². The molecule has 11 heteroatoms. The van der Waals surface area contributed by atoms with E-state index in [0.717, 1.165) is 76.8 Å². The molecule has 0 aliphatic carbocycles. The molecule has 1 aliphatic heterocycles. The fourth-order valence-electron chi connectivity index (χ4n) is 5.48. The highest BCUT2D eigenvalue weighted by Crippen LogP contribution is 2.33. The predicted molar refractivity (Wildman–Crippen MR) is 182 cm³/mol. The van der Waals surface area contributed by atoms with Crippen molar-refractivity contribution in [3.05, 3.63) is 54.5 Å². The third-order valence-corrected chi connectivity index (χ3v) is 9.53. The Morgan fingerprint density at radius 1 is 1.13 bits per heavy atom. The van der Waals surface area contributed by atoms with Crippen molar-refractivity contribution in [2.75, 3.05) is 24.6 Å². The third kappa shape index (κ3) is 8.46. The van der Waals surface area contributed by atoms with Crippen LogP contribution in [0.1, 0.15) is 46.1 Å². The molecule has 0 unspecified atom stereocenters. The Morgan fingerprint density at radius 3 is 2.67 bits per heavy atom. The van der Waals surface area contributed by atoms with Gasteiger partial charge in [0.15, 0.2) is 0 Å². The molecule has 1 aliphatic rings. The third-order valence-electron chi connectivity index (χ3n) is 7.83. The smallest absolute Gasteiger partial charge is 0.407 e. The summed E-state index contributed by atoms with van der Waals surface area (Å²) in [5.74, 6) is 0.932. The summed E-state index contributed by atoms with van der Waals surface area (Å²) >= 11 is 0. The largest absolute Gasteiger partial charge is 0.444 e. The first-order valence-corrected chi connectivity index (χ1v) is 19.7. The van der Waals surface area contributed by atoms with Crippen molar-refractivity contribution in [2.45, 2.75) is 91.0 Å². The van der Waals surface area contributed by atoms with Crippen molar-refractivity contribution in [1.29, 1.82) is 0 Å². The maximum absolute atomic E-state index is 12.5. The van der Waals surface area contributed by atoms with Gasteiger partial charge in [-0.3, -0.25) is 9.97 Å². The van der Waals surface area contributed by atoms with Crippen LogP contribution in [0.15, 0.2) is 48.9 Å². The standard InChI is InChI=1S/C34H47N7O3Si/c1-8-24-13-14-28(38-32(24)40-16-10-12-26(22-40)37-33(42)44-34(2,3)4)31-27-19-29(25-11-9-15-35-20-25)36-21-30(27)41(39-31)23-43-17-18-45(5,6)7/h9,11,13-15,19-21,26H,8,10,12,16-18,22-23H2,1-7H3,(H,37,42)/t26-/m0/s1. The fourth-order valence-corrected chi connectivity index (χ4v) is 6.24. The highest BCUT2D eigenvalue weighted by atomic mass is 28.3. The summed E-state index contributed by atoms with van der Waals surface area (Å²) in [4.78, 5) is 29.1. The van der Waals surface area contributed by atoms with Gasteiger partial charge in [0.25, 0.3) is 0 Å². The molecule has 5 heterocycles. The molecule has 4 aromatic heterocycles. The zero-order valence-electron chi connectivity index (χ0n) is 27.8. The maximum Gasteiger partial charge on any atom is 0.407 e. The van der Waals surface area contributed by atoms with Crippen molar-refractivity contribution in [3.63, 3.8) is 0 Å². The van der Waals surface area contributed by atoms with E-state index < -0.39 is 13.7 Å². The lowest BCUT2D eigenvalue weighted by atomic mass is 10.0. The number of carbonyl (C=O) groups is 1. The molecule has 240 valence electrons. The molecule has 1 saturated heterocycles. The minimum absolute atomic E-state index is 0.0229. The van der Waals surface area contributed by atoms with Crippen molar-refractivity contribution in [1.82, 2.24) is 30.0 Å². The lowest BCUT2D eigenvalue weighted by molar-refractivity contribution is 0.0500.